The molecule has 0 amide bonds. The number of hydrogen-bond acceptors (Lipinski definition) is 3. The van der Waals surface area contributed by atoms with Crippen LogP contribution in [-0.2, 0) is 6.61 Å². The summed E-state index contributed by atoms with van der Waals surface area (Å²) in [5.41, 5.74) is 2.95. The molecule has 2 aromatic carbocycles. The van der Waals surface area contributed by atoms with E-state index in [9.17, 15) is 4.39 Å². The Bertz CT molecular complexity index is 686. The summed E-state index contributed by atoms with van der Waals surface area (Å²) >= 11 is 5.74. The van der Waals surface area contributed by atoms with Gasteiger partial charge in [-0.25, -0.2) is 4.39 Å². The van der Waals surface area contributed by atoms with Crippen LogP contribution in [0.15, 0.2) is 41.6 Å². The maximum Gasteiger partial charge on any atom is 0.141 e. The van der Waals surface area contributed by atoms with Crippen LogP contribution in [0, 0.1) is 12.7 Å². The summed E-state index contributed by atoms with van der Waals surface area (Å²) < 4.78 is 18.9. The number of hydrogen-bond donors (Lipinski definition) is 1. The predicted octanol–water partition coefficient (Wildman–Crippen LogP) is 4.56. The van der Waals surface area contributed by atoms with Crippen LogP contribution < -0.4 is 4.74 Å². The van der Waals surface area contributed by atoms with Crippen molar-refractivity contribution in [3.8, 4) is 5.75 Å². The van der Waals surface area contributed by atoms with Crippen molar-refractivity contribution in [2.75, 3.05) is 0 Å². The molecule has 0 aliphatic heterocycles. The topological polar surface area (TPSA) is 41.8 Å². The first-order valence-corrected chi connectivity index (χ1v) is 6.75. The molecule has 0 heterocycles. The highest BCUT2D eigenvalue weighted by molar-refractivity contribution is 6.30. The Balaban J connectivity index is 2.22. The highest BCUT2D eigenvalue weighted by Gasteiger charge is 2.09. The molecule has 0 radical (unpaired) electrons. The Labute approximate surface area is 127 Å². The molecule has 0 unspecified atom stereocenters. The number of halogens is 2. The number of aryl methyl sites for hydroxylation is 1. The lowest BCUT2D eigenvalue weighted by Crippen LogP contribution is -2.03. The first-order valence-electron chi connectivity index (χ1n) is 6.37. The van der Waals surface area contributed by atoms with Crippen LogP contribution in [0.5, 0.6) is 5.75 Å². The van der Waals surface area contributed by atoms with Crippen molar-refractivity contribution in [3.63, 3.8) is 0 Å². The molecule has 110 valence electrons. The number of oxime groups is 1. The van der Waals surface area contributed by atoms with Gasteiger partial charge in [-0.1, -0.05) is 28.9 Å². The van der Waals surface area contributed by atoms with E-state index in [1.807, 2.05) is 25.1 Å². The van der Waals surface area contributed by atoms with Gasteiger partial charge < -0.3 is 9.94 Å². The van der Waals surface area contributed by atoms with Crippen LogP contribution >= 0.6 is 11.6 Å². The SMILES string of the molecule is C/C(=N/O)c1ccc(C)cc1OCc1ccc(F)c(Cl)c1. The lowest BCUT2D eigenvalue weighted by molar-refractivity contribution is 0.303. The summed E-state index contributed by atoms with van der Waals surface area (Å²) in [7, 11) is 0. The van der Waals surface area contributed by atoms with E-state index in [2.05, 4.69) is 5.16 Å². The van der Waals surface area contributed by atoms with Crippen LogP contribution in [0.3, 0.4) is 0 Å². The highest BCUT2D eigenvalue weighted by Crippen LogP contribution is 2.23. The number of benzene rings is 2. The van der Waals surface area contributed by atoms with Crippen molar-refractivity contribution in [1.29, 1.82) is 0 Å². The molecule has 1 N–H and O–H groups in total. The molecule has 0 aromatic heterocycles. The number of rotatable bonds is 4. The van der Waals surface area contributed by atoms with Gasteiger partial charge in [-0.3, -0.25) is 0 Å². The maximum atomic E-state index is 13.1. The van der Waals surface area contributed by atoms with Crippen LogP contribution in [-0.4, -0.2) is 10.9 Å². The summed E-state index contributed by atoms with van der Waals surface area (Å²) in [6.07, 6.45) is 0. The minimum atomic E-state index is -0.458. The van der Waals surface area contributed by atoms with Crippen molar-refractivity contribution < 1.29 is 14.3 Å². The van der Waals surface area contributed by atoms with Gasteiger partial charge in [0.25, 0.3) is 0 Å². The summed E-state index contributed by atoms with van der Waals surface area (Å²) in [4.78, 5) is 0. The van der Waals surface area contributed by atoms with E-state index in [0.717, 1.165) is 11.1 Å². The van der Waals surface area contributed by atoms with Crippen molar-refractivity contribution in [1.82, 2.24) is 0 Å². The third-order valence-corrected chi connectivity index (χ3v) is 3.34. The van der Waals surface area contributed by atoms with Crippen LogP contribution in [0.4, 0.5) is 4.39 Å². The first kappa shape index (κ1) is 15.3. The first-order chi connectivity index (χ1) is 10.0. The van der Waals surface area contributed by atoms with E-state index in [1.54, 1.807) is 13.0 Å². The van der Waals surface area contributed by atoms with E-state index in [1.165, 1.54) is 12.1 Å². The smallest absolute Gasteiger partial charge is 0.141 e. The average Bonchev–Trinajstić information content (AvgIpc) is 2.48. The fourth-order valence-electron chi connectivity index (χ4n) is 1.89. The van der Waals surface area contributed by atoms with Crippen molar-refractivity contribution >= 4 is 17.3 Å². The summed E-state index contributed by atoms with van der Waals surface area (Å²) in [5.74, 6) is 0.144. The fourth-order valence-corrected chi connectivity index (χ4v) is 2.10. The monoisotopic (exact) mass is 307 g/mol. The standard InChI is InChI=1S/C16H15ClFNO2/c1-10-3-5-13(11(2)19-20)16(7-10)21-9-12-4-6-15(18)14(17)8-12/h3-8,20H,9H2,1-2H3/b19-11-. The number of ether oxygens (including phenoxy) is 1. The summed E-state index contributed by atoms with van der Waals surface area (Å²) in [5, 5.41) is 12.2. The van der Waals surface area contributed by atoms with Crippen LogP contribution in [0.2, 0.25) is 5.02 Å². The maximum absolute atomic E-state index is 13.1. The lowest BCUT2D eigenvalue weighted by Gasteiger charge is -2.12. The fraction of sp³-hybridized carbons (Fsp3) is 0.188. The van der Waals surface area contributed by atoms with Gasteiger partial charge in [0.15, 0.2) is 0 Å². The molecule has 0 aliphatic carbocycles. The van der Waals surface area contributed by atoms with Gasteiger partial charge >= 0.3 is 0 Å². The second-order valence-corrected chi connectivity index (χ2v) is 5.13. The normalized spacial score (nSPS) is 11.5. The summed E-state index contributed by atoms with van der Waals surface area (Å²) in [6, 6.07) is 10.0. The van der Waals surface area contributed by atoms with Gasteiger partial charge in [0.05, 0.1) is 10.7 Å². The zero-order valence-electron chi connectivity index (χ0n) is 11.7. The van der Waals surface area contributed by atoms with Gasteiger partial charge in [0, 0.05) is 5.56 Å². The largest absolute Gasteiger partial charge is 0.488 e. The molecule has 3 nitrogen and oxygen atoms in total. The van der Waals surface area contributed by atoms with Gasteiger partial charge in [0.2, 0.25) is 0 Å². The van der Waals surface area contributed by atoms with E-state index in [0.29, 0.717) is 17.0 Å². The quantitative estimate of drug-likeness (QED) is 0.511. The van der Waals surface area contributed by atoms with E-state index < -0.39 is 5.82 Å². The van der Waals surface area contributed by atoms with Crippen molar-refractivity contribution in [2.24, 2.45) is 5.16 Å². The molecule has 0 atom stereocenters. The second kappa shape index (κ2) is 6.59. The molecule has 21 heavy (non-hydrogen) atoms. The zero-order chi connectivity index (χ0) is 15.4. The molecule has 0 spiro atoms. The Kier molecular flexibility index (Phi) is 4.81. The van der Waals surface area contributed by atoms with Crippen molar-refractivity contribution in [3.05, 3.63) is 63.9 Å². The van der Waals surface area contributed by atoms with E-state index >= 15 is 0 Å². The summed E-state index contributed by atoms with van der Waals surface area (Å²) in [6.45, 7) is 3.87. The molecule has 0 fully saturated rings. The molecule has 0 bridgehead atoms. The highest BCUT2D eigenvalue weighted by atomic mass is 35.5. The molecule has 5 heteroatoms. The van der Waals surface area contributed by atoms with E-state index in [4.69, 9.17) is 21.5 Å². The Morgan fingerprint density at radius 2 is 2.05 bits per heavy atom. The lowest BCUT2D eigenvalue weighted by atomic mass is 10.1. The molecular formula is C16H15ClFNO2. The van der Waals surface area contributed by atoms with Crippen LogP contribution in [0.25, 0.3) is 0 Å². The minimum absolute atomic E-state index is 0.0636. The number of nitrogens with zero attached hydrogens (tertiary/aromatic N) is 1. The molecular weight excluding hydrogens is 293 g/mol. The molecule has 2 aromatic rings. The molecule has 0 saturated heterocycles. The Morgan fingerprint density at radius 3 is 2.71 bits per heavy atom. The van der Waals surface area contributed by atoms with Gasteiger partial charge in [0.1, 0.15) is 18.2 Å². The molecule has 0 aliphatic rings. The van der Waals surface area contributed by atoms with Gasteiger partial charge in [-0.15, -0.1) is 0 Å². The third kappa shape index (κ3) is 3.73. The van der Waals surface area contributed by atoms with Gasteiger partial charge in [-0.05, 0) is 49.2 Å². The third-order valence-electron chi connectivity index (χ3n) is 3.06. The molecule has 0 saturated carbocycles. The predicted molar refractivity (Wildman–Crippen MR) is 80.9 cm³/mol. The van der Waals surface area contributed by atoms with Crippen LogP contribution in [0.1, 0.15) is 23.6 Å². The minimum Gasteiger partial charge on any atom is -0.488 e. The Morgan fingerprint density at radius 1 is 1.29 bits per heavy atom. The Hall–Kier alpha value is -2.07. The van der Waals surface area contributed by atoms with Gasteiger partial charge in [-0.2, -0.15) is 0 Å². The second-order valence-electron chi connectivity index (χ2n) is 4.72. The average molecular weight is 308 g/mol. The molecule has 2 rings (SSSR count). The van der Waals surface area contributed by atoms with Crippen molar-refractivity contribution in [2.45, 2.75) is 20.5 Å². The van der Waals surface area contributed by atoms with E-state index in [-0.39, 0.29) is 11.6 Å². The zero-order valence-corrected chi connectivity index (χ0v) is 12.5.